The van der Waals surface area contributed by atoms with E-state index in [4.69, 9.17) is 14.2 Å². The summed E-state index contributed by atoms with van der Waals surface area (Å²) < 4.78 is 16.7. The van der Waals surface area contributed by atoms with Crippen molar-refractivity contribution in [2.24, 2.45) is 16.8 Å². The summed E-state index contributed by atoms with van der Waals surface area (Å²) in [6, 6.07) is 0. The highest BCUT2D eigenvalue weighted by molar-refractivity contribution is 14.0. The highest BCUT2D eigenvalue weighted by atomic mass is 127. The molecule has 0 aromatic carbocycles. The first-order valence-electron chi connectivity index (χ1n) is 9.97. The molecule has 2 N–H and O–H groups in total. The van der Waals surface area contributed by atoms with Crippen LogP contribution in [0.3, 0.4) is 0 Å². The van der Waals surface area contributed by atoms with Gasteiger partial charge in [-0.3, -0.25) is 4.99 Å². The Morgan fingerprint density at radius 2 is 1.85 bits per heavy atom. The third kappa shape index (κ3) is 15.0. The molecule has 0 aromatic rings. The minimum absolute atomic E-state index is 0. The Kier molecular flexibility index (Phi) is 18.2. The molecule has 0 saturated carbocycles. The van der Waals surface area contributed by atoms with Crippen LogP contribution in [0.25, 0.3) is 0 Å². The summed E-state index contributed by atoms with van der Waals surface area (Å²) in [6.07, 6.45) is 4.22. The molecule has 1 rings (SSSR count). The first-order valence-corrected chi connectivity index (χ1v) is 9.97. The smallest absolute Gasteiger partial charge is 0.191 e. The number of nitrogens with zero attached hydrogens (tertiary/aromatic N) is 1. The van der Waals surface area contributed by atoms with Gasteiger partial charge >= 0.3 is 0 Å². The summed E-state index contributed by atoms with van der Waals surface area (Å²) in [5, 5.41) is 6.64. The van der Waals surface area contributed by atoms with Gasteiger partial charge in [0.15, 0.2) is 5.96 Å². The molecule has 26 heavy (non-hydrogen) atoms. The Balaban J connectivity index is 0.00000625. The first kappa shape index (κ1) is 25.9. The molecular formula is C19H40IN3O3. The Bertz CT molecular complexity index is 338. The maximum atomic E-state index is 5.79. The van der Waals surface area contributed by atoms with Gasteiger partial charge in [0, 0.05) is 59.3 Å². The molecular weight excluding hydrogens is 445 g/mol. The Hall–Kier alpha value is -0.120. The van der Waals surface area contributed by atoms with Gasteiger partial charge in [-0.1, -0.05) is 13.8 Å². The van der Waals surface area contributed by atoms with Gasteiger partial charge in [0.25, 0.3) is 0 Å². The van der Waals surface area contributed by atoms with Gasteiger partial charge in [0.1, 0.15) is 0 Å². The van der Waals surface area contributed by atoms with Crippen LogP contribution in [0.15, 0.2) is 4.99 Å². The summed E-state index contributed by atoms with van der Waals surface area (Å²) in [7, 11) is 0. The van der Waals surface area contributed by atoms with Gasteiger partial charge in [-0.05, 0) is 44.4 Å². The van der Waals surface area contributed by atoms with Crippen LogP contribution < -0.4 is 10.6 Å². The quantitative estimate of drug-likeness (QED) is 0.182. The summed E-state index contributed by atoms with van der Waals surface area (Å²) in [6.45, 7) is 14.0. The predicted molar refractivity (Wildman–Crippen MR) is 119 cm³/mol. The van der Waals surface area contributed by atoms with Crippen LogP contribution in [0.1, 0.15) is 46.5 Å². The minimum Gasteiger partial charge on any atom is -0.381 e. The molecule has 0 unspecified atom stereocenters. The van der Waals surface area contributed by atoms with Gasteiger partial charge in [-0.25, -0.2) is 0 Å². The van der Waals surface area contributed by atoms with Crippen LogP contribution in [-0.2, 0) is 14.2 Å². The Morgan fingerprint density at radius 3 is 2.54 bits per heavy atom. The van der Waals surface area contributed by atoms with Crippen LogP contribution in [0, 0.1) is 11.8 Å². The molecule has 156 valence electrons. The standard InChI is InChI=1S/C19H39N3O3.HI/c1-4-20-19(21-9-5-11-24-15-17(2)3)22-10-6-12-25-16-18-7-13-23-14-8-18;/h17-18H,4-16H2,1-3H3,(H2,20,21,22);1H. The molecule has 0 spiro atoms. The zero-order valence-electron chi connectivity index (χ0n) is 16.9. The summed E-state index contributed by atoms with van der Waals surface area (Å²) in [4.78, 5) is 4.58. The van der Waals surface area contributed by atoms with E-state index >= 15 is 0 Å². The second-order valence-electron chi connectivity index (χ2n) is 6.99. The van der Waals surface area contributed by atoms with Crippen LogP contribution >= 0.6 is 24.0 Å². The molecule has 1 aliphatic heterocycles. The molecule has 0 bridgehead atoms. The number of hydrogen-bond acceptors (Lipinski definition) is 4. The molecule has 1 saturated heterocycles. The number of nitrogens with one attached hydrogen (secondary N) is 2. The summed E-state index contributed by atoms with van der Waals surface area (Å²) in [5.41, 5.74) is 0. The van der Waals surface area contributed by atoms with Crippen molar-refractivity contribution in [1.82, 2.24) is 10.6 Å². The SMILES string of the molecule is CCNC(=NCCCOCC(C)C)NCCCOCC1CCOCC1.I. The van der Waals surface area contributed by atoms with Crippen LogP contribution in [0.5, 0.6) is 0 Å². The second kappa shape index (κ2) is 18.3. The van der Waals surface area contributed by atoms with E-state index in [0.717, 1.165) is 90.9 Å². The van der Waals surface area contributed by atoms with E-state index in [9.17, 15) is 0 Å². The van der Waals surface area contributed by atoms with E-state index in [1.165, 1.54) is 0 Å². The molecule has 6 nitrogen and oxygen atoms in total. The Morgan fingerprint density at radius 1 is 1.12 bits per heavy atom. The average molecular weight is 485 g/mol. The van der Waals surface area contributed by atoms with Crippen molar-refractivity contribution in [2.75, 3.05) is 59.3 Å². The third-order valence-electron chi connectivity index (χ3n) is 3.96. The average Bonchev–Trinajstić information content (AvgIpc) is 2.61. The van der Waals surface area contributed by atoms with Crippen molar-refractivity contribution in [1.29, 1.82) is 0 Å². The number of halogens is 1. The number of ether oxygens (including phenoxy) is 3. The molecule has 7 heteroatoms. The van der Waals surface area contributed by atoms with Crippen LogP contribution in [-0.4, -0.2) is 65.2 Å². The lowest BCUT2D eigenvalue weighted by molar-refractivity contribution is 0.0203. The lowest BCUT2D eigenvalue weighted by atomic mass is 10.0. The van der Waals surface area contributed by atoms with E-state index in [-0.39, 0.29) is 24.0 Å². The van der Waals surface area contributed by atoms with Crippen molar-refractivity contribution < 1.29 is 14.2 Å². The second-order valence-corrected chi connectivity index (χ2v) is 6.99. The van der Waals surface area contributed by atoms with Crippen molar-refractivity contribution in [3.05, 3.63) is 0 Å². The highest BCUT2D eigenvalue weighted by Crippen LogP contribution is 2.14. The topological polar surface area (TPSA) is 64.1 Å². The number of hydrogen-bond donors (Lipinski definition) is 2. The number of rotatable bonds is 13. The van der Waals surface area contributed by atoms with Crippen LogP contribution in [0.4, 0.5) is 0 Å². The van der Waals surface area contributed by atoms with E-state index in [2.05, 4.69) is 36.4 Å². The number of guanidine groups is 1. The lowest BCUT2D eigenvalue weighted by Crippen LogP contribution is -2.38. The maximum absolute atomic E-state index is 5.79. The minimum atomic E-state index is 0. The van der Waals surface area contributed by atoms with Crippen LogP contribution in [0.2, 0.25) is 0 Å². The molecule has 0 aliphatic carbocycles. The summed E-state index contributed by atoms with van der Waals surface area (Å²) >= 11 is 0. The highest BCUT2D eigenvalue weighted by Gasteiger charge is 2.13. The van der Waals surface area contributed by atoms with Gasteiger partial charge in [-0.2, -0.15) is 0 Å². The van der Waals surface area contributed by atoms with Crippen molar-refractivity contribution in [3.63, 3.8) is 0 Å². The van der Waals surface area contributed by atoms with Gasteiger partial charge in [-0.15, -0.1) is 24.0 Å². The van der Waals surface area contributed by atoms with E-state index in [1.807, 2.05) is 0 Å². The van der Waals surface area contributed by atoms with E-state index < -0.39 is 0 Å². The monoisotopic (exact) mass is 485 g/mol. The number of aliphatic imine (C=N–C) groups is 1. The van der Waals surface area contributed by atoms with E-state index in [0.29, 0.717) is 11.8 Å². The largest absolute Gasteiger partial charge is 0.381 e. The fourth-order valence-corrected chi connectivity index (χ4v) is 2.56. The molecule has 1 fully saturated rings. The summed E-state index contributed by atoms with van der Waals surface area (Å²) in [5.74, 6) is 2.16. The lowest BCUT2D eigenvalue weighted by Gasteiger charge is -2.21. The van der Waals surface area contributed by atoms with E-state index in [1.54, 1.807) is 0 Å². The van der Waals surface area contributed by atoms with Gasteiger partial charge in [0.05, 0.1) is 0 Å². The third-order valence-corrected chi connectivity index (χ3v) is 3.96. The molecule has 0 aromatic heterocycles. The van der Waals surface area contributed by atoms with Crippen molar-refractivity contribution in [3.8, 4) is 0 Å². The fourth-order valence-electron chi connectivity index (χ4n) is 2.56. The zero-order chi connectivity index (χ0) is 18.2. The molecule has 1 aliphatic rings. The predicted octanol–water partition coefficient (Wildman–Crippen LogP) is 3.06. The fraction of sp³-hybridized carbons (Fsp3) is 0.947. The van der Waals surface area contributed by atoms with Gasteiger partial charge in [0.2, 0.25) is 0 Å². The Labute approximate surface area is 177 Å². The zero-order valence-corrected chi connectivity index (χ0v) is 19.3. The van der Waals surface area contributed by atoms with Crippen molar-refractivity contribution >= 4 is 29.9 Å². The maximum Gasteiger partial charge on any atom is 0.191 e. The van der Waals surface area contributed by atoms with Crippen molar-refractivity contribution in [2.45, 2.75) is 46.5 Å². The molecule has 0 amide bonds. The molecule has 1 heterocycles. The van der Waals surface area contributed by atoms with Gasteiger partial charge < -0.3 is 24.8 Å². The molecule has 0 radical (unpaired) electrons. The normalized spacial score (nSPS) is 15.8. The molecule has 0 atom stereocenters. The first-order chi connectivity index (χ1) is 12.2.